The van der Waals surface area contributed by atoms with Crippen LogP contribution in [-0.4, -0.2) is 42.5 Å². The van der Waals surface area contributed by atoms with Gasteiger partial charge in [0, 0.05) is 19.1 Å². The van der Waals surface area contributed by atoms with Crippen LogP contribution in [0, 0.1) is 11.8 Å². The molecule has 3 atom stereocenters. The number of halogens is 1. The maximum absolute atomic E-state index is 12.0. The van der Waals surface area contributed by atoms with Gasteiger partial charge in [0.2, 0.25) is 5.91 Å². The monoisotopic (exact) mass is 277 g/mol. The van der Waals surface area contributed by atoms with Gasteiger partial charge >= 0.3 is 0 Å². The SMILES string of the molecule is CC(C)CNC(=O)C(C)N1CC(CN)CC1C.Cl. The maximum Gasteiger partial charge on any atom is 0.237 e. The summed E-state index contributed by atoms with van der Waals surface area (Å²) in [4.78, 5) is 14.3. The lowest BCUT2D eigenvalue weighted by Gasteiger charge is -2.27. The van der Waals surface area contributed by atoms with Crippen LogP contribution in [0.1, 0.15) is 34.1 Å². The van der Waals surface area contributed by atoms with Gasteiger partial charge in [0.1, 0.15) is 0 Å². The van der Waals surface area contributed by atoms with Gasteiger partial charge in [-0.2, -0.15) is 0 Å². The average Bonchev–Trinajstić information content (AvgIpc) is 2.66. The quantitative estimate of drug-likeness (QED) is 0.795. The van der Waals surface area contributed by atoms with Gasteiger partial charge in [-0.3, -0.25) is 9.69 Å². The summed E-state index contributed by atoms with van der Waals surface area (Å²) in [5.74, 6) is 1.19. The van der Waals surface area contributed by atoms with Crippen LogP contribution in [0.4, 0.5) is 0 Å². The average molecular weight is 278 g/mol. The highest BCUT2D eigenvalue weighted by Crippen LogP contribution is 2.24. The fourth-order valence-electron chi connectivity index (χ4n) is 2.48. The molecule has 3 N–H and O–H groups in total. The van der Waals surface area contributed by atoms with Crippen LogP contribution in [0.3, 0.4) is 0 Å². The van der Waals surface area contributed by atoms with Crippen molar-refractivity contribution in [3.8, 4) is 0 Å². The summed E-state index contributed by atoms with van der Waals surface area (Å²) in [6.07, 6.45) is 1.11. The molecule has 0 radical (unpaired) electrons. The topological polar surface area (TPSA) is 58.4 Å². The Morgan fingerprint density at radius 3 is 2.50 bits per heavy atom. The van der Waals surface area contributed by atoms with Crippen LogP contribution in [0.5, 0.6) is 0 Å². The first-order valence-corrected chi connectivity index (χ1v) is 6.69. The molecule has 1 amide bonds. The van der Waals surface area contributed by atoms with Crippen molar-refractivity contribution in [2.24, 2.45) is 17.6 Å². The highest BCUT2D eigenvalue weighted by atomic mass is 35.5. The molecule has 0 saturated carbocycles. The number of nitrogens with two attached hydrogens (primary N) is 1. The normalized spacial score (nSPS) is 25.9. The molecule has 0 aromatic rings. The van der Waals surface area contributed by atoms with E-state index in [1.54, 1.807) is 0 Å². The highest BCUT2D eigenvalue weighted by Gasteiger charge is 2.33. The zero-order valence-corrected chi connectivity index (χ0v) is 12.8. The Morgan fingerprint density at radius 1 is 1.44 bits per heavy atom. The van der Waals surface area contributed by atoms with Crippen molar-refractivity contribution in [1.29, 1.82) is 0 Å². The molecule has 0 aromatic heterocycles. The van der Waals surface area contributed by atoms with Crippen molar-refractivity contribution in [2.45, 2.75) is 46.2 Å². The fourth-order valence-corrected chi connectivity index (χ4v) is 2.48. The molecular weight excluding hydrogens is 250 g/mol. The summed E-state index contributed by atoms with van der Waals surface area (Å²) >= 11 is 0. The summed E-state index contributed by atoms with van der Waals surface area (Å²) < 4.78 is 0. The first-order chi connectivity index (χ1) is 7.95. The molecule has 0 aromatic carbocycles. The summed E-state index contributed by atoms with van der Waals surface area (Å²) in [6.45, 7) is 10.8. The Kier molecular flexibility index (Phi) is 7.83. The number of carbonyl (C=O) groups excluding carboxylic acids is 1. The van der Waals surface area contributed by atoms with Crippen molar-refractivity contribution in [2.75, 3.05) is 19.6 Å². The number of nitrogens with one attached hydrogen (secondary N) is 1. The van der Waals surface area contributed by atoms with E-state index in [0.29, 0.717) is 17.9 Å². The Labute approximate surface area is 117 Å². The second-order valence-electron chi connectivity index (χ2n) is 5.70. The number of carbonyl (C=O) groups is 1. The first-order valence-electron chi connectivity index (χ1n) is 6.69. The minimum Gasteiger partial charge on any atom is -0.354 e. The van der Waals surface area contributed by atoms with Crippen LogP contribution in [0.15, 0.2) is 0 Å². The van der Waals surface area contributed by atoms with Crippen molar-refractivity contribution in [1.82, 2.24) is 10.2 Å². The molecule has 1 saturated heterocycles. The van der Waals surface area contributed by atoms with Gasteiger partial charge < -0.3 is 11.1 Å². The van der Waals surface area contributed by atoms with Gasteiger partial charge in [-0.25, -0.2) is 0 Å². The number of nitrogens with zero attached hydrogens (tertiary/aromatic N) is 1. The molecular formula is C13H28ClN3O. The standard InChI is InChI=1S/C13H27N3O.ClH/c1-9(2)7-15-13(17)11(4)16-8-12(6-14)5-10(16)3;/h9-12H,5-8,14H2,1-4H3,(H,15,17);1H. The van der Waals surface area contributed by atoms with Gasteiger partial charge in [0.25, 0.3) is 0 Å². The second kappa shape index (κ2) is 7.97. The highest BCUT2D eigenvalue weighted by molar-refractivity contribution is 5.85. The van der Waals surface area contributed by atoms with E-state index >= 15 is 0 Å². The smallest absolute Gasteiger partial charge is 0.237 e. The van der Waals surface area contributed by atoms with E-state index in [1.165, 1.54) is 0 Å². The molecule has 18 heavy (non-hydrogen) atoms. The molecule has 1 heterocycles. The number of likely N-dealkylation sites (tertiary alicyclic amines) is 1. The van der Waals surface area contributed by atoms with Gasteiger partial charge in [-0.1, -0.05) is 13.8 Å². The molecule has 1 aliphatic heterocycles. The first kappa shape index (κ1) is 17.7. The third-order valence-electron chi connectivity index (χ3n) is 3.60. The van der Waals surface area contributed by atoms with E-state index in [-0.39, 0.29) is 24.4 Å². The number of hydrogen-bond acceptors (Lipinski definition) is 3. The molecule has 1 rings (SSSR count). The molecule has 5 heteroatoms. The lowest BCUT2D eigenvalue weighted by atomic mass is 10.1. The zero-order chi connectivity index (χ0) is 13.0. The number of rotatable bonds is 5. The van der Waals surface area contributed by atoms with E-state index in [2.05, 4.69) is 31.0 Å². The maximum atomic E-state index is 12.0. The molecule has 4 nitrogen and oxygen atoms in total. The molecule has 108 valence electrons. The summed E-state index contributed by atoms with van der Waals surface area (Å²) in [7, 11) is 0. The van der Waals surface area contributed by atoms with Crippen LogP contribution in [0.2, 0.25) is 0 Å². The van der Waals surface area contributed by atoms with E-state index in [0.717, 1.165) is 26.1 Å². The predicted molar refractivity (Wildman–Crippen MR) is 77.9 cm³/mol. The third kappa shape index (κ3) is 4.75. The van der Waals surface area contributed by atoms with Gasteiger partial charge in [-0.15, -0.1) is 12.4 Å². The molecule has 1 fully saturated rings. The summed E-state index contributed by atoms with van der Waals surface area (Å²) in [5.41, 5.74) is 5.71. The minimum absolute atomic E-state index is 0. The largest absolute Gasteiger partial charge is 0.354 e. The van der Waals surface area contributed by atoms with E-state index in [9.17, 15) is 4.79 Å². The molecule has 0 spiro atoms. The lowest BCUT2D eigenvalue weighted by molar-refractivity contribution is -0.126. The number of hydrogen-bond donors (Lipinski definition) is 2. The number of amides is 1. The van der Waals surface area contributed by atoms with Crippen molar-refractivity contribution >= 4 is 18.3 Å². The zero-order valence-electron chi connectivity index (χ0n) is 12.0. The fraction of sp³-hybridized carbons (Fsp3) is 0.923. The summed E-state index contributed by atoms with van der Waals surface area (Å²) in [6, 6.07) is 0.420. The minimum atomic E-state index is -0.0414. The lowest BCUT2D eigenvalue weighted by Crippen LogP contribution is -2.47. The molecule has 1 aliphatic rings. The van der Waals surface area contributed by atoms with Crippen molar-refractivity contribution < 1.29 is 4.79 Å². The second-order valence-corrected chi connectivity index (χ2v) is 5.70. The predicted octanol–water partition coefficient (Wildman–Crippen LogP) is 1.24. The Balaban J connectivity index is 0.00000289. The van der Waals surface area contributed by atoms with E-state index < -0.39 is 0 Å². The van der Waals surface area contributed by atoms with Gasteiger partial charge in [0.05, 0.1) is 6.04 Å². The van der Waals surface area contributed by atoms with Gasteiger partial charge in [-0.05, 0) is 38.6 Å². The van der Waals surface area contributed by atoms with E-state index in [4.69, 9.17) is 5.73 Å². The molecule has 0 aliphatic carbocycles. The Hall–Kier alpha value is -0.320. The van der Waals surface area contributed by atoms with Gasteiger partial charge in [0.15, 0.2) is 0 Å². The molecule has 0 bridgehead atoms. The van der Waals surface area contributed by atoms with Crippen LogP contribution >= 0.6 is 12.4 Å². The summed E-state index contributed by atoms with van der Waals surface area (Å²) in [5, 5.41) is 3.00. The van der Waals surface area contributed by atoms with Crippen molar-refractivity contribution in [3.63, 3.8) is 0 Å². The molecule has 3 unspecified atom stereocenters. The van der Waals surface area contributed by atoms with E-state index in [1.807, 2.05) is 6.92 Å². The van der Waals surface area contributed by atoms with Crippen LogP contribution in [0.25, 0.3) is 0 Å². The van der Waals surface area contributed by atoms with Crippen LogP contribution in [-0.2, 0) is 4.79 Å². The Morgan fingerprint density at radius 2 is 2.06 bits per heavy atom. The van der Waals surface area contributed by atoms with Crippen molar-refractivity contribution in [3.05, 3.63) is 0 Å². The third-order valence-corrected chi connectivity index (χ3v) is 3.60. The van der Waals surface area contributed by atoms with Crippen LogP contribution < -0.4 is 11.1 Å². The Bertz CT molecular complexity index is 261.